The number of hydrogen-bond acceptors (Lipinski definition) is 6. The predicted molar refractivity (Wildman–Crippen MR) is 256 cm³/mol. The van der Waals surface area contributed by atoms with Gasteiger partial charge in [-0.25, -0.2) is 0 Å². The molecule has 0 unspecified atom stereocenters. The summed E-state index contributed by atoms with van der Waals surface area (Å²) in [4.78, 5) is 37.9. The molecule has 344 valence electrons. The van der Waals surface area contributed by atoms with Crippen LogP contribution in [0.5, 0.6) is 0 Å². The lowest BCUT2D eigenvalue weighted by Crippen LogP contribution is -2.30. The van der Waals surface area contributed by atoms with E-state index >= 15 is 0 Å². The third-order valence-corrected chi connectivity index (χ3v) is 10.4. The topological polar surface area (TPSA) is 78.9 Å². The average molecular weight is 837 g/mol. The number of rotatable bonds is 44. The largest absolute Gasteiger partial charge is 0.462 e. The SMILES string of the molecule is CC/C=C\C/C=C\C/C=C\C/C=C\C/C=C\CCCC(=O)OC[C@@H](COC(=O)CCCCCCCCCCCCC)OC(=O)CCCCCCC/C=C\CCCCCCC. The summed E-state index contributed by atoms with van der Waals surface area (Å²) in [7, 11) is 0. The summed E-state index contributed by atoms with van der Waals surface area (Å²) in [6.45, 7) is 6.45. The predicted octanol–water partition coefficient (Wildman–Crippen LogP) is 16.3. The average Bonchev–Trinajstić information content (AvgIpc) is 3.24. The van der Waals surface area contributed by atoms with Crippen LogP contribution in [-0.4, -0.2) is 37.2 Å². The third kappa shape index (κ3) is 45.9. The molecule has 0 aliphatic heterocycles. The van der Waals surface area contributed by atoms with Crippen molar-refractivity contribution in [2.45, 2.75) is 239 Å². The first-order valence-corrected chi connectivity index (χ1v) is 24.9. The first-order chi connectivity index (χ1) is 29.5. The summed E-state index contributed by atoms with van der Waals surface area (Å²) in [5.41, 5.74) is 0. The van der Waals surface area contributed by atoms with Gasteiger partial charge in [0.2, 0.25) is 0 Å². The molecule has 0 rings (SSSR count). The first kappa shape index (κ1) is 56.9. The minimum absolute atomic E-state index is 0.0951. The quantitative estimate of drug-likeness (QED) is 0.0263. The Labute approximate surface area is 370 Å². The number of unbranched alkanes of at least 4 members (excludes halogenated alkanes) is 21. The van der Waals surface area contributed by atoms with Crippen LogP contribution in [0, 0.1) is 0 Å². The Morgan fingerprint density at radius 3 is 1.10 bits per heavy atom. The van der Waals surface area contributed by atoms with Crippen molar-refractivity contribution in [3.63, 3.8) is 0 Å². The van der Waals surface area contributed by atoms with E-state index in [9.17, 15) is 14.4 Å². The van der Waals surface area contributed by atoms with Gasteiger partial charge in [-0.05, 0) is 83.5 Å². The fraction of sp³-hybridized carbons (Fsp3) is 0.722. The van der Waals surface area contributed by atoms with Crippen LogP contribution >= 0.6 is 0 Å². The van der Waals surface area contributed by atoms with E-state index in [0.29, 0.717) is 19.3 Å². The molecular weight excluding hydrogens is 745 g/mol. The van der Waals surface area contributed by atoms with E-state index < -0.39 is 6.10 Å². The number of esters is 3. The summed E-state index contributed by atoms with van der Waals surface area (Å²) < 4.78 is 16.7. The van der Waals surface area contributed by atoms with Gasteiger partial charge >= 0.3 is 17.9 Å². The summed E-state index contributed by atoms with van der Waals surface area (Å²) in [6, 6.07) is 0. The van der Waals surface area contributed by atoms with Crippen LogP contribution in [0.1, 0.15) is 233 Å². The van der Waals surface area contributed by atoms with E-state index in [1.807, 2.05) is 0 Å². The van der Waals surface area contributed by atoms with Gasteiger partial charge < -0.3 is 14.2 Å². The van der Waals surface area contributed by atoms with Gasteiger partial charge in [0.05, 0.1) is 0 Å². The van der Waals surface area contributed by atoms with Gasteiger partial charge in [0.1, 0.15) is 13.2 Å². The molecule has 0 amide bonds. The lowest BCUT2D eigenvalue weighted by atomic mass is 10.1. The van der Waals surface area contributed by atoms with Crippen molar-refractivity contribution in [1.29, 1.82) is 0 Å². The van der Waals surface area contributed by atoms with Crippen LogP contribution in [0.15, 0.2) is 72.9 Å². The minimum atomic E-state index is -0.799. The summed E-state index contributed by atoms with van der Waals surface area (Å²) >= 11 is 0. The second-order valence-corrected chi connectivity index (χ2v) is 16.3. The smallest absolute Gasteiger partial charge is 0.306 e. The minimum Gasteiger partial charge on any atom is -0.462 e. The van der Waals surface area contributed by atoms with Crippen LogP contribution in [-0.2, 0) is 28.6 Å². The number of allylic oxidation sites excluding steroid dienone is 12. The molecule has 0 N–H and O–H groups in total. The van der Waals surface area contributed by atoms with Crippen molar-refractivity contribution >= 4 is 17.9 Å². The molecule has 6 nitrogen and oxygen atoms in total. The highest BCUT2D eigenvalue weighted by Gasteiger charge is 2.19. The maximum absolute atomic E-state index is 12.8. The Bertz CT molecular complexity index is 1140. The maximum Gasteiger partial charge on any atom is 0.306 e. The van der Waals surface area contributed by atoms with E-state index in [4.69, 9.17) is 14.2 Å². The summed E-state index contributed by atoms with van der Waals surface area (Å²) in [6.07, 6.45) is 60.3. The summed E-state index contributed by atoms with van der Waals surface area (Å²) in [5.74, 6) is -0.965. The number of carbonyl (C=O) groups excluding carboxylic acids is 3. The summed E-state index contributed by atoms with van der Waals surface area (Å²) in [5, 5.41) is 0. The van der Waals surface area contributed by atoms with Crippen molar-refractivity contribution in [2.75, 3.05) is 13.2 Å². The highest BCUT2D eigenvalue weighted by Crippen LogP contribution is 2.14. The molecule has 0 saturated heterocycles. The zero-order valence-corrected chi connectivity index (χ0v) is 39.2. The van der Waals surface area contributed by atoms with Gasteiger partial charge in [0, 0.05) is 19.3 Å². The molecule has 60 heavy (non-hydrogen) atoms. The molecule has 0 saturated carbocycles. The van der Waals surface area contributed by atoms with Crippen molar-refractivity contribution in [1.82, 2.24) is 0 Å². The van der Waals surface area contributed by atoms with Gasteiger partial charge in [-0.2, -0.15) is 0 Å². The van der Waals surface area contributed by atoms with Gasteiger partial charge in [0.25, 0.3) is 0 Å². The molecule has 0 radical (unpaired) electrons. The second kappa shape index (κ2) is 48.5. The van der Waals surface area contributed by atoms with E-state index in [1.165, 1.54) is 96.3 Å². The normalized spacial score (nSPS) is 12.7. The van der Waals surface area contributed by atoms with Gasteiger partial charge in [0.15, 0.2) is 6.10 Å². The highest BCUT2D eigenvalue weighted by atomic mass is 16.6. The van der Waals surface area contributed by atoms with E-state index in [2.05, 4.69) is 93.7 Å². The molecule has 0 fully saturated rings. The fourth-order valence-corrected chi connectivity index (χ4v) is 6.71. The van der Waals surface area contributed by atoms with Gasteiger partial charge in [-0.1, -0.05) is 203 Å². The first-order valence-electron chi connectivity index (χ1n) is 24.9. The maximum atomic E-state index is 12.8. The molecule has 0 aromatic carbocycles. The Morgan fingerprint density at radius 2 is 0.667 bits per heavy atom. The number of hydrogen-bond donors (Lipinski definition) is 0. The van der Waals surface area contributed by atoms with E-state index in [1.54, 1.807) is 0 Å². The molecule has 1 atom stereocenters. The Balaban J connectivity index is 4.47. The number of carbonyl (C=O) groups is 3. The molecule has 0 aliphatic carbocycles. The van der Waals surface area contributed by atoms with Crippen LogP contribution in [0.2, 0.25) is 0 Å². The van der Waals surface area contributed by atoms with Crippen LogP contribution in [0.3, 0.4) is 0 Å². The Morgan fingerprint density at radius 1 is 0.350 bits per heavy atom. The zero-order chi connectivity index (χ0) is 43.7. The van der Waals surface area contributed by atoms with Gasteiger partial charge in [-0.15, -0.1) is 0 Å². The standard InChI is InChI=1S/C54H92O6/c1-4-7-10-13-16-19-22-24-26-27-28-30-32-35-38-41-44-47-53(56)59-50-51(49-58-52(55)46-43-40-37-34-31-21-18-15-12-9-6-3)60-54(57)48-45-42-39-36-33-29-25-23-20-17-14-11-8-5-2/h7,10,16,19,23-26,28,30,35,38,51H,4-6,8-9,11-15,17-18,20-22,27,29,31-34,36-37,39-50H2,1-3H3/b10-7-,19-16-,25-23-,26-24-,30-28-,38-35-/t51-/m1/s1. The zero-order valence-electron chi connectivity index (χ0n) is 39.2. The molecule has 0 spiro atoms. The van der Waals surface area contributed by atoms with Gasteiger partial charge in [-0.3, -0.25) is 14.4 Å². The number of ether oxygens (including phenoxy) is 3. The molecule has 0 bridgehead atoms. The monoisotopic (exact) mass is 837 g/mol. The molecule has 6 heteroatoms. The molecule has 0 aliphatic rings. The Hall–Kier alpha value is -3.15. The van der Waals surface area contributed by atoms with Crippen LogP contribution < -0.4 is 0 Å². The van der Waals surface area contributed by atoms with Crippen molar-refractivity contribution in [3.05, 3.63) is 72.9 Å². The molecule has 0 aromatic heterocycles. The van der Waals surface area contributed by atoms with Crippen molar-refractivity contribution < 1.29 is 28.6 Å². The molecule has 0 aromatic rings. The van der Waals surface area contributed by atoms with Crippen molar-refractivity contribution in [2.24, 2.45) is 0 Å². The van der Waals surface area contributed by atoms with Crippen molar-refractivity contribution in [3.8, 4) is 0 Å². The Kier molecular flexibility index (Phi) is 46.0. The molecule has 0 heterocycles. The van der Waals surface area contributed by atoms with Crippen LogP contribution in [0.25, 0.3) is 0 Å². The third-order valence-electron chi connectivity index (χ3n) is 10.4. The second-order valence-electron chi connectivity index (χ2n) is 16.3. The fourth-order valence-electron chi connectivity index (χ4n) is 6.71. The highest BCUT2D eigenvalue weighted by molar-refractivity contribution is 5.71. The lowest BCUT2D eigenvalue weighted by molar-refractivity contribution is -0.167. The molecular formula is C54H92O6. The van der Waals surface area contributed by atoms with Crippen LogP contribution in [0.4, 0.5) is 0 Å². The lowest BCUT2D eigenvalue weighted by Gasteiger charge is -2.18. The van der Waals surface area contributed by atoms with E-state index in [0.717, 1.165) is 89.9 Å². The van der Waals surface area contributed by atoms with E-state index in [-0.39, 0.29) is 37.5 Å².